The third kappa shape index (κ3) is 25.4. The molecule has 0 aromatic carbocycles. The number of aliphatic hydroxyl groups is 2. The van der Waals surface area contributed by atoms with E-state index >= 15 is 0 Å². The number of carboxylic acids is 1. The van der Waals surface area contributed by atoms with Crippen LogP contribution in [0.3, 0.4) is 0 Å². The maximum atomic E-state index is 12.6. The summed E-state index contributed by atoms with van der Waals surface area (Å²) < 4.78 is 32.6. The largest absolute Gasteiger partial charge is 0.480 e. The molecule has 0 saturated heterocycles. The van der Waals surface area contributed by atoms with E-state index in [2.05, 4.69) is 30.5 Å². The van der Waals surface area contributed by atoms with E-state index in [4.69, 9.17) is 24.8 Å². The number of ether oxygens (including phenoxy) is 2. The normalized spacial score (nSPS) is 20.1. The number of ketones is 1. The van der Waals surface area contributed by atoms with Gasteiger partial charge >= 0.3 is 25.7 Å². The zero-order valence-electron chi connectivity index (χ0n) is 33.2. The van der Waals surface area contributed by atoms with Gasteiger partial charge in [0.25, 0.3) is 0 Å². The molecule has 14 nitrogen and oxygen atoms in total. The van der Waals surface area contributed by atoms with E-state index in [1.165, 1.54) is 12.8 Å². The Kier molecular flexibility index (Phi) is 28.2. The number of aliphatic carboxylic acids is 1. The van der Waals surface area contributed by atoms with Gasteiger partial charge in [-0.3, -0.25) is 28.2 Å². The van der Waals surface area contributed by atoms with E-state index < -0.39 is 75.8 Å². The average Bonchev–Trinajstić information content (AvgIpc) is 3.41. The molecule has 0 aromatic heterocycles. The quantitative estimate of drug-likeness (QED) is 0.0194. The Morgan fingerprint density at radius 1 is 0.836 bits per heavy atom. The molecule has 0 aliphatic heterocycles. The molecule has 1 aliphatic carbocycles. The molecule has 1 unspecified atom stereocenters. The van der Waals surface area contributed by atoms with Crippen molar-refractivity contribution in [3.63, 3.8) is 0 Å². The Labute approximate surface area is 328 Å². The molecule has 1 rings (SSSR count). The fraction of sp³-hybridized carbons (Fsp3) is 0.800. The zero-order chi connectivity index (χ0) is 40.9. The molecule has 15 heteroatoms. The maximum absolute atomic E-state index is 12.6. The number of rotatable bonds is 34. The number of esters is 2. The zero-order valence-corrected chi connectivity index (χ0v) is 34.1. The van der Waals surface area contributed by atoms with E-state index in [0.29, 0.717) is 32.1 Å². The lowest BCUT2D eigenvalue weighted by molar-refractivity contribution is -0.161. The summed E-state index contributed by atoms with van der Waals surface area (Å²) in [5.41, 5.74) is 5.31. The van der Waals surface area contributed by atoms with Gasteiger partial charge in [0.05, 0.1) is 25.4 Å². The molecule has 1 saturated carbocycles. The van der Waals surface area contributed by atoms with Gasteiger partial charge in [0.2, 0.25) is 0 Å². The number of aliphatic hydroxyl groups excluding tert-OH is 2. The molecule has 318 valence electrons. The van der Waals surface area contributed by atoms with Crippen LogP contribution in [0.25, 0.3) is 0 Å². The molecule has 0 spiro atoms. The van der Waals surface area contributed by atoms with Crippen molar-refractivity contribution < 1.29 is 62.5 Å². The summed E-state index contributed by atoms with van der Waals surface area (Å²) in [4.78, 5) is 58.5. The predicted octanol–water partition coefficient (Wildman–Crippen LogP) is 6.87. The van der Waals surface area contributed by atoms with Crippen molar-refractivity contribution in [2.45, 2.75) is 173 Å². The SMILES string of the molecule is CCCC/C=C\CCCCCCCC(=O)O[C@H](COC(=O)CCCCCC[C@H]1[C@@H](O)CC(=O)[C@@H]1/C=C/[C@@H](O)CCCCC)COP(=O)(O)OC[C@H](N)C(=O)O. The highest BCUT2D eigenvalue weighted by Crippen LogP contribution is 2.43. The Morgan fingerprint density at radius 2 is 1.44 bits per heavy atom. The van der Waals surface area contributed by atoms with Crippen molar-refractivity contribution in [3.05, 3.63) is 24.3 Å². The van der Waals surface area contributed by atoms with Gasteiger partial charge in [-0.1, -0.05) is 109 Å². The van der Waals surface area contributed by atoms with Crippen LogP contribution < -0.4 is 5.73 Å². The molecular formula is C40H70NO13P. The number of allylic oxidation sites excluding steroid dienone is 3. The first-order valence-corrected chi connectivity index (χ1v) is 22.0. The Hall–Kier alpha value is -2.45. The second-order valence-electron chi connectivity index (χ2n) is 14.5. The van der Waals surface area contributed by atoms with Gasteiger partial charge in [0, 0.05) is 25.2 Å². The summed E-state index contributed by atoms with van der Waals surface area (Å²) in [5.74, 6) is -3.22. The second-order valence-corrected chi connectivity index (χ2v) is 16.0. The molecule has 55 heavy (non-hydrogen) atoms. The van der Waals surface area contributed by atoms with Crippen molar-refractivity contribution in [3.8, 4) is 0 Å². The number of phosphoric acid groups is 1. The number of nitrogens with two attached hydrogens (primary N) is 1. The topological polar surface area (TPSA) is 229 Å². The number of carboxylic acid groups (broad SMARTS) is 1. The molecule has 0 amide bonds. The fourth-order valence-electron chi connectivity index (χ4n) is 6.24. The minimum Gasteiger partial charge on any atom is -0.480 e. The minimum atomic E-state index is -4.77. The number of carbonyl (C=O) groups is 4. The van der Waals surface area contributed by atoms with Crippen molar-refractivity contribution in [2.24, 2.45) is 17.6 Å². The molecule has 0 aromatic rings. The van der Waals surface area contributed by atoms with Gasteiger partial charge in [-0.25, -0.2) is 4.57 Å². The smallest absolute Gasteiger partial charge is 0.472 e. The number of hydrogen-bond donors (Lipinski definition) is 5. The lowest BCUT2D eigenvalue weighted by Crippen LogP contribution is -2.34. The standard InChI is InChI=1S/C40H70NO13P/c1-3-5-7-8-9-10-11-12-13-14-20-24-39(46)54-32(29-52-55(49,50)53-30-35(41)40(47)48)28-51-38(45)23-19-16-15-18-22-33-34(37(44)27-36(33)43)26-25-31(42)21-17-6-4-2/h8-9,25-26,31-36,42-43H,3-7,10-24,27-30,41H2,1-2H3,(H,47,48)(H,49,50)/b9-8-,26-25+/t31-,32+,33+,34+,35-,36-/m0/s1. The highest BCUT2D eigenvalue weighted by Gasteiger charge is 2.39. The molecule has 0 heterocycles. The van der Waals surface area contributed by atoms with Crippen LogP contribution in [0, 0.1) is 11.8 Å². The van der Waals surface area contributed by atoms with Crippen molar-refractivity contribution in [1.29, 1.82) is 0 Å². The second kappa shape index (κ2) is 30.7. The van der Waals surface area contributed by atoms with Gasteiger partial charge in [-0.05, 0) is 50.9 Å². The third-order valence-corrected chi connectivity index (χ3v) is 10.5. The van der Waals surface area contributed by atoms with Gasteiger partial charge in [0.15, 0.2) is 6.10 Å². The van der Waals surface area contributed by atoms with E-state index in [9.17, 15) is 38.8 Å². The summed E-state index contributed by atoms with van der Waals surface area (Å²) in [6.07, 6.45) is 21.7. The first-order chi connectivity index (χ1) is 26.3. The highest BCUT2D eigenvalue weighted by molar-refractivity contribution is 7.47. The molecule has 7 atom stereocenters. The summed E-state index contributed by atoms with van der Waals surface area (Å²) in [5, 5.41) is 29.6. The summed E-state index contributed by atoms with van der Waals surface area (Å²) in [6.45, 7) is 2.39. The number of Topliss-reactive ketones (excluding diaryl/α,β-unsaturated/α-hetero) is 1. The van der Waals surface area contributed by atoms with Gasteiger partial charge < -0.3 is 35.4 Å². The van der Waals surface area contributed by atoms with Gasteiger partial charge in [0.1, 0.15) is 18.4 Å². The maximum Gasteiger partial charge on any atom is 0.472 e. The Balaban J connectivity index is 2.51. The van der Waals surface area contributed by atoms with Gasteiger partial charge in [-0.2, -0.15) is 0 Å². The van der Waals surface area contributed by atoms with E-state index in [1.54, 1.807) is 12.2 Å². The summed E-state index contributed by atoms with van der Waals surface area (Å²) >= 11 is 0. The number of carbonyl (C=O) groups excluding carboxylic acids is 3. The Bertz CT molecular complexity index is 1200. The van der Waals surface area contributed by atoms with Crippen LogP contribution in [-0.4, -0.2) is 88.1 Å². The van der Waals surface area contributed by atoms with Crippen molar-refractivity contribution in [2.75, 3.05) is 19.8 Å². The van der Waals surface area contributed by atoms with Crippen LogP contribution in [0.4, 0.5) is 0 Å². The van der Waals surface area contributed by atoms with Crippen LogP contribution in [0.15, 0.2) is 24.3 Å². The van der Waals surface area contributed by atoms with E-state index in [0.717, 1.165) is 70.6 Å². The molecule has 0 radical (unpaired) electrons. The van der Waals surface area contributed by atoms with Crippen molar-refractivity contribution >= 4 is 31.5 Å². The van der Waals surface area contributed by atoms with Crippen LogP contribution in [-0.2, 0) is 42.3 Å². The molecular weight excluding hydrogens is 733 g/mol. The summed E-state index contributed by atoms with van der Waals surface area (Å²) in [6, 6.07) is -1.56. The third-order valence-electron chi connectivity index (χ3n) is 9.58. The van der Waals surface area contributed by atoms with Crippen molar-refractivity contribution in [1.82, 2.24) is 0 Å². The van der Waals surface area contributed by atoms with Crippen LogP contribution >= 0.6 is 7.82 Å². The molecule has 1 aliphatic rings. The molecule has 6 N–H and O–H groups in total. The number of hydrogen-bond acceptors (Lipinski definition) is 12. The van der Waals surface area contributed by atoms with Gasteiger partial charge in [-0.15, -0.1) is 0 Å². The number of unbranched alkanes of at least 4 members (excludes halogenated alkanes) is 12. The number of phosphoric ester groups is 1. The predicted molar refractivity (Wildman–Crippen MR) is 209 cm³/mol. The highest BCUT2D eigenvalue weighted by atomic mass is 31.2. The van der Waals surface area contributed by atoms with Crippen LogP contribution in [0.1, 0.15) is 149 Å². The lowest BCUT2D eigenvalue weighted by atomic mass is 9.88. The lowest BCUT2D eigenvalue weighted by Gasteiger charge is -2.20. The first kappa shape index (κ1) is 50.6. The molecule has 1 fully saturated rings. The van der Waals surface area contributed by atoms with Crippen LogP contribution in [0.2, 0.25) is 0 Å². The summed E-state index contributed by atoms with van der Waals surface area (Å²) in [7, 11) is -4.77. The van der Waals surface area contributed by atoms with Crippen LogP contribution in [0.5, 0.6) is 0 Å². The minimum absolute atomic E-state index is 0.0181. The first-order valence-electron chi connectivity index (χ1n) is 20.5. The average molecular weight is 804 g/mol. The van der Waals surface area contributed by atoms with E-state index in [1.807, 2.05) is 0 Å². The Morgan fingerprint density at radius 3 is 2.11 bits per heavy atom. The monoisotopic (exact) mass is 803 g/mol. The van der Waals surface area contributed by atoms with E-state index in [-0.39, 0.29) is 31.0 Å². The fourth-order valence-corrected chi connectivity index (χ4v) is 7.02. The molecule has 0 bridgehead atoms.